The van der Waals surface area contributed by atoms with Crippen LogP contribution in [0.3, 0.4) is 0 Å². The second-order valence-corrected chi connectivity index (χ2v) is 5.16. The Balaban J connectivity index is 2.32. The van der Waals surface area contributed by atoms with Crippen LogP contribution in [-0.4, -0.2) is 47.6 Å². The van der Waals surface area contributed by atoms with E-state index >= 15 is 0 Å². The standard InChI is InChI=1S/C16H22N2O4/c1-4-13-16(21)18(10-15(20)17(5-2)6-3)12-8-7-11(19)9-14(12)22-13/h7-9,13,19H,4-6,10H2,1-3H3. The lowest BCUT2D eigenvalue weighted by Crippen LogP contribution is -2.50. The highest BCUT2D eigenvalue weighted by Crippen LogP contribution is 2.37. The monoisotopic (exact) mass is 306 g/mol. The molecule has 1 unspecified atom stereocenters. The molecule has 1 aromatic rings. The van der Waals surface area contributed by atoms with Crippen LogP contribution in [0.4, 0.5) is 5.69 Å². The van der Waals surface area contributed by atoms with E-state index in [1.807, 2.05) is 20.8 Å². The number of phenols is 1. The van der Waals surface area contributed by atoms with Crippen LogP contribution in [0.1, 0.15) is 27.2 Å². The molecule has 1 N–H and O–H groups in total. The van der Waals surface area contributed by atoms with Crippen molar-refractivity contribution in [3.05, 3.63) is 18.2 Å². The number of nitrogens with zero attached hydrogens (tertiary/aromatic N) is 2. The first-order valence-corrected chi connectivity index (χ1v) is 7.60. The van der Waals surface area contributed by atoms with E-state index in [0.29, 0.717) is 30.9 Å². The van der Waals surface area contributed by atoms with E-state index in [1.165, 1.54) is 17.0 Å². The van der Waals surface area contributed by atoms with Gasteiger partial charge in [0.2, 0.25) is 5.91 Å². The third kappa shape index (κ3) is 3.00. The molecule has 0 aromatic heterocycles. The Hall–Kier alpha value is -2.24. The molecular weight excluding hydrogens is 284 g/mol. The Kier molecular flexibility index (Phi) is 4.90. The summed E-state index contributed by atoms with van der Waals surface area (Å²) in [5.41, 5.74) is 0.521. The summed E-state index contributed by atoms with van der Waals surface area (Å²) in [6.45, 7) is 6.85. The van der Waals surface area contributed by atoms with Gasteiger partial charge < -0.3 is 14.7 Å². The number of hydrogen-bond acceptors (Lipinski definition) is 4. The quantitative estimate of drug-likeness (QED) is 0.900. The van der Waals surface area contributed by atoms with Crippen molar-refractivity contribution >= 4 is 17.5 Å². The van der Waals surface area contributed by atoms with Gasteiger partial charge in [0, 0.05) is 19.2 Å². The number of rotatable bonds is 5. The molecular formula is C16H22N2O4. The van der Waals surface area contributed by atoms with Gasteiger partial charge in [-0.15, -0.1) is 0 Å². The van der Waals surface area contributed by atoms with Gasteiger partial charge in [-0.1, -0.05) is 6.92 Å². The highest BCUT2D eigenvalue weighted by atomic mass is 16.5. The Bertz CT molecular complexity index is 569. The molecule has 1 heterocycles. The topological polar surface area (TPSA) is 70.1 Å². The Morgan fingerprint density at radius 2 is 2.00 bits per heavy atom. The van der Waals surface area contributed by atoms with Gasteiger partial charge in [0.1, 0.15) is 18.0 Å². The van der Waals surface area contributed by atoms with Crippen LogP contribution in [0, 0.1) is 0 Å². The number of aromatic hydroxyl groups is 1. The zero-order valence-electron chi connectivity index (χ0n) is 13.2. The fourth-order valence-electron chi connectivity index (χ4n) is 2.55. The fourth-order valence-corrected chi connectivity index (χ4v) is 2.55. The molecule has 0 saturated heterocycles. The molecule has 0 bridgehead atoms. The van der Waals surface area contributed by atoms with Crippen LogP contribution >= 0.6 is 0 Å². The molecule has 1 atom stereocenters. The van der Waals surface area contributed by atoms with Gasteiger partial charge in [-0.05, 0) is 32.4 Å². The second kappa shape index (κ2) is 6.68. The second-order valence-electron chi connectivity index (χ2n) is 5.16. The maximum Gasteiger partial charge on any atom is 0.268 e. The van der Waals surface area contributed by atoms with E-state index in [0.717, 1.165) is 0 Å². The van der Waals surface area contributed by atoms with E-state index < -0.39 is 6.10 Å². The Morgan fingerprint density at radius 1 is 1.32 bits per heavy atom. The van der Waals surface area contributed by atoms with Crippen LogP contribution in [-0.2, 0) is 9.59 Å². The molecule has 1 aliphatic rings. The molecule has 6 nitrogen and oxygen atoms in total. The third-order valence-corrected chi connectivity index (χ3v) is 3.83. The number of carbonyl (C=O) groups is 2. The first-order chi connectivity index (χ1) is 10.5. The summed E-state index contributed by atoms with van der Waals surface area (Å²) in [7, 11) is 0. The van der Waals surface area contributed by atoms with Crippen molar-refractivity contribution in [1.29, 1.82) is 0 Å². The summed E-state index contributed by atoms with van der Waals surface area (Å²) in [5, 5.41) is 9.59. The van der Waals surface area contributed by atoms with Crippen molar-refractivity contribution in [2.45, 2.75) is 33.3 Å². The summed E-state index contributed by atoms with van der Waals surface area (Å²) in [4.78, 5) is 28.0. The van der Waals surface area contributed by atoms with E-state index in [4.69, 9.17) is 4.74 Å². The lowest BCUT2D eigenvalue weighted by atomic mass is 10.1. The first kappa shape index (κ1) is 16.1. The van der Waals surface area contributed by atoms with Crippen molar-refractivity contribution in [3.63, 3.8) is 0 Å². The maximum absolute atomic E-state index is 12.5. The molecule has 2 rings (SSSR count). The van der Waals surface area contributed by atoms with Crippen molar-refractivity contribution in [3.8, 4) is 11.5 Å². The number of anilines is 1. The predicted octanol–water partition coefficient (Wildman–Crippen LogP) is 1.76. The summed E-state index contributed by atoms with van der Waals surface area (Å²) in [6.07, 6.45) is -0.122. The molecule has 1 aliphatic heterocycles. The molecule has 2 amide bonds. The first-order valence-electron chi connectivity index (χ1n) is 7.60. The third-order valence-electron chi connectivity index (χ3n) is 3.83. The van der Waals surface area contributed by atoms with Crippen LogP contribution in [0.15, 0.2) is 18.2 Å². The minimum Gasteiger partial charge on any atom is -0.508 e. The zero-order valence-corrected chi connectivity index (χ0v) is 13.2. The van der Waals surface area contributed by atoms with Gasteiger partial charge in [0.05, 0.1) is 5.69 Å². The van der Waals surface area contributed by atoms with Gasteiger partial charge >= 0.3 is 0 Å². The van der Waals surface area contributed by atoms with Gasteiger partial charge in [-0.3, -0.25) is 14.5 Å². The number of benzene rings is 1. The number of hydrogen-bond donors (Lipinski definition) is 1. The number of fused-ring (bicyclic) bond motifs is 1. The predicted molar refractivity (Wildman–Crippen MR) is 83.1 cm³/mol. The van der Waals surface area contributed by atoms with Gasteiger partial charge in [0.25, 0.3) is 5.91 Å². The van der Waals surface area contributed by atoms with Gasteiger partial charge in [-0.25, -0.2) is 0 Å². The normalized spacial score (nSPS) is 17.0. The number of carbonyl (C=O) groups excluding carboxylic acids is 2. The molecule has 0 spiro atoms. The molecule has 1 aromatic carbocycles. The Labute approximate surface area is 130 Å². The van der Waals surface area contributed by atoms with E-state index in [9.17, 15) is 14.7 Å². The Morgan fingerprint density at radius 3 is 2.59 bits per heavy atom. The average Bonchev–Trinajstić information content (AvgIpc) is 2.50. The van der Waals surface area contributed by atoms with Crippen molar-refractivity contribution in [2.75, 3.05) is 24.5 Å². The van der Waals surface area contributed by atoms with Crippen LogP contribution in [0.5, 0.6) is 11.5 Å². The van der Waals surface area contributed by atoms with Gasteiger partial charge in [-0.2, -0.15) is 0 Å². The van der Waals surface area contributed by atoms with Crippen LogP contribution in [0.2, 0.25) is 0 Å². The average molecular weight is 306 g/mol. The van der Waals surface area contributed by atoms with E-state index in [1.54, 1.807) is 11.0 Å². The fraction of sp³-hybridized carbons (Fsp3) is 0.500. The van der Waals surface area contributed by atoms with Crippen molar-refractivity contribution < 1.29 is 19.4 Å². The summed E-state index contributed by atoms with van der Waals surface area (Å²) >= 11 is 0. The van der Waals surface area contributed by atoms with Gasteiger partial charge in [0.15, 0.2) is 6.10 Å². The molecule has 0 aliphatic carbocycles. The molecule has 22 heavy (non-hydrogen) atoms. The number of likely N-dealkylation sites (N-methyl/N-ethyl adjacent to an activating group) is 1. The summed E-state index contributed by atoms with van der Waals surface area (Å²) in [5.74, 6) is 0.173. The largest absolute Gasteiger partial charge is 0.508 e. The lowest BCUT2D eigenvalue weighted by molar-refractivity contribution is -0.133. The number of amides is 2. The highest BCUT2D eigenvalue weighted by molar-refractivity contribution is 6.03. The number of ether oxygens (including phenoxy) is 1. The molecule has 0 radical (unpaired) electrons. The summed E-state index contributed by atoms with van der Waals surface area (Å²) in [6, 6.07) is 4.56. The minimum atomic E-state index is -0.626. The molecule has 0 fully saturated rings. The summed E-state index contributed by atoms with van der Waals surface area (Å²) < 4.78 is 5.62. The smallest absolute Gasteiger partial charge is 0.268 e. The van der Waals surface area contributed by atoms with Crippen molar-refractivity contribution in [1.82, 2.24) is 4.90 Å². The minimum absolute atomic E-state index is 0.0157. The lowest BCUT2D eigenvalue weighted by Gasteiger charge is -2.34. The van der Waals surface area contributed by atoms with E-state index in [2.05, 4.69) is 0 Å². The molecule has 120 valence electrons. The highest BCUT2D eigenvalue weighted by Gasteiger charge is 2.35. The zero-order chi connectivity index (χ0) is 16.3. The molecule has 6 heteroatoms. The van der Waals surface area contributed by atoms with E-state index in [-0.39, 0.29) is 24.1 Å². The SMILES string of the molecule is CCC1Oc2cc(O)ccc2N(CC(=O)N(CC)CC)C1=O. The maximum atomic E-state index is 12.5. The van der Waals surface area contributed by atoms with Crippen molar-refractivity contribution in [2.24, 2.45) is 0 Å². The molecule has 0 saturated carbocycles. The van der Waals surface area contributed by atoms with Crippen LogP contribution < -0.4 is 9.64 Å². The van der Waals surface area contributed by atoms with Crippen LogP contribution in [0.25, 0.3) is 0 Å². The number of phenolic OH excluding ortho intramolecular Hbond substituents is 1.